The zero-order valence-corrected chi connectivity index (χ0v) is 9.93. The van der Waals surface area contributed by atoms with E-state index in [2.05, 4.69) is 29.8 Å². The van der Waals surface area contributed by atoms with E-state index in [1.165, 1.54) is 4.88 Å². The highest BCUT2D eigenvalue weighted by molar-refractivity contribution is 7.10. The Bertz CT molecular complexity index is 239. The molecule has 1 aromatic heterocycles. The lowest BCUT2D eigenvalue weighted by atomic mass is 10.2. The molecular formula is C11H19NO2S. The predicted octanol–water partition coefficient (Wildman–Crippen LogP) is 1.80. The van der Waals surface area contributed by atoms with Gasteiger partial charge in [-0.1, -0.05) is 13.0 Å². The van der Waals surface area contributed by atoms with E-state index in [0.29, 0.717) is 19.3 Å². The van der Waals surface area contributed by atoms with Crippen molar-refractivity contribution >= 4 is 11.3 Å². The number of hydrogen-bond donors (Lipinski definition) is 2. The fourth-order valence-electron chi connectivity index (χ4n) is 1.41. The summed E-state index contributed by atoms with van der Waals surface area (Å²) in [6.07, 6.45) is 1.08. The Balaban J connectivity index is 2.18. The molecule has 1 aromatic rings. The Labute approximate surface area is 95.1 Å². The molecule has 2 N–H and O–H groups in total. The van der Waals surface area contributed by atoms with Crippen LogP contribution in [0.1, 0.15) is 24.3 Å². The van der Waals surface area contributed by atoms with Crippen LogP contribution in [-0.4, -0.2) is 31.5 Å². The molecule has 86 valence electrons. The SMILES string of the molecule is CCC(NCCOCCO)c1cccs1. The summed E-state index contributed by atoms with van der Waals surface area (Å²) in [6.45, 7) is 4.18. The summed E-state index contributed by atoms with van der Waals surface area (Å²) < 4.78 is 5.19. The van der Waals surface area contributed by atoms with E-state index in [-0.39, 0.29) is 6.61 Å². The molecule has 0 aromatic carbocycles. The van der Waals surface area contributed by atoms with E-state index >= 15 is 0 Å². The summed E-state index contributed by atoms with van der Waals surface area (Å²) in [5.74, 6) is 0. The molecule has 1 unspecified atom stereocenters. The Morgan fingerprint density at radius 3 is 3.00 bits per heavy atom. The minimum absolute atomic E-state index is 0.0993. The first-order valence-corrected chi connectivity index (χ1v) is 6.21. The van der Waals surface area contributed by atoms with Gasteiger partial charge in [-0.05, 0) is 17.9 Å². The first-order chi connectivity index (χ1) is 7.38. The van der Waals surface area contributed by atoms with Gasteiger partial charge in [-0.25, -0.2) is 0 Å². The predicted molar refractivity (Wildman–Crippen MR) is 63.3 cm³/mol. The van der Waals surface area contributed by atoms with Crippen LogP contribution in [-0.2, 0) is 4.74 Å². The van der Waals surface area contributed by atoms with Crippen LogP contribution in [0, 0.1) is 0 Å². The maximum atomic E-state index is 8.53. The maximum Gasteiger partial charge on any atom is 0.0698 e. The van der Waals surface area contributed by atoms with Crippen molar-refractivity contribution in [3.63, 3.8) is 0 Å². The number of rotatable bonds is 8. The highest BCUT2D eigenvalue weighted by atomic mass is 32.1. The zero-order chi connectivity index (χ0) is 10.9. The molecule has 0 amide bonds. The molecule has 1 atom stereocenters. The van der Waals surface area contributed by atoms with E-state index in [1.54, 1.807) is 11.3 Å². The van der Waals surface area contributed by atoms with Crippen LogP contribution < -0.4 is 5.32 Å². The van der Waals surface area contributed by atoms with Gasteiger partial charge in [-0.2, -0.15) is 0 Å². The third-order valence-electron chi connectivity index (χ3n) is 2.17. The van der Waals surface area contributed by atoms with Crippen molar-refractivity contribution in [1.82, 2.24) is 5.32 Å². The standard InChI is InChI=1S/C11H19NO2S/c1-2-10(11-4-3-9-15-11)12-5-7-14-8-6-13/h3-4,9-10,12-13H,2,5-8H2,1H3. The molecule has 15 heavy (non-hydrogen) atoms. The van der Waals surface area contributed by atoms with Gasteiger partial charge in [0, 0.05) is 17.5 Å². The molecule has 1 rings (SSSR count). The average molecular weight is 229 g/mol. The highest BCUT2D eigenvalue weighted by Crippen LogP contribution is 2.21. The van der Waals surface area contributed by atoms with Gasteiger partial charge in [0.1, 0.15) is 0 Å². The Kier molecular flexibility index (Phi) is 6.59. The number of nitrogens with one attached hydrogen (secondary N) is 1. The third-order valence-corrected chi connectivity index (χ3v) is 3.15. The minimum Gasteiger partial charge on any atom is -0.394 e. The molecule has 0 radical (unpaired) electrons. The van der Waals surface area contributed by atoms with Crippen molar-refractivity contribution in [2.45, 2.75) is 19.4 Å². The van der Waals surface area contributed by atoms with Crippen LogP contribution in [0.25, 0.3) is 0 Å². The van der Waals surface area contributed by atoms with Crippen molar-refractivity contribution in [3.8, 4) is 0 Å². The van der Waals surface area contributed by atoms with E-state index in [1.807, 2.05) is 0 Å². The minimum atomic E-state index is 0.0993. The average Bonchev–Trinajstić information content (AvgIpc) is 2.77. The van der Waals surface area contributed by atoms with E-state index in [9.17, 15) is 0 Å². The van der Waals surface area contributed by atoms with E-state index < -0.39 is 0 Å². The van der Waals surface area contributed by atoms with Gasteiger partial charge >= 0.3 is 0 Å². The molecule has 0 spiro atoms. The molecular weight excluding hydrogens is 210 g/mol. The summed E-state index contributed by atoms with van der Waals surface area (Å²) in [5, 5.41) is 14.1. The Morgan fingerprint density at radius 1 is 1.53 bits per heavy atom. The largest absolute Gasteiger partial charge is 0.394 e. The first-order valence-electron chi connectivity index (χ1n) is 5.34. The molecule has 0 saturated carbocycles. The summed E-state index contributed by atoms with van der Waals surface area (Å²) >= 11 is 1.78. The van der Waals surface area contributed by atoms with Crippen molar-refractivity contribution < 1.29 is 9.84 Å². The van der Waals surface area contributed by atoms with Crippen molar-refractivity contribution in [3.05, 3.63) is 22.4 Å². The topological polar surface area (TPSA) is 41.5 Å². The van der Waals surface area contributed by atoms with E-state index in [4.69, 9.17) is 9.84 Å². The molecule has 0 aliphatic carbocycles. The van der Waals surface area contributed by atoms with Crippen LogP contribution in [0.2, 0.25) is 0 Å². The monoisotopic (exact) mass is 229 g/mol. The van der Waals surface area contributed by atoms with Crippen LogP contribution in [0.5, 0.6) is 0 Å². The van der Waals surface area contributed by atoms with Crippen LogP contribution in [0.3, 0.4) is 0 Å². The molecule has 4 heteroatoms. The normalized spacial score (nSPS) is 12.9. The Morgan fingerprint density at radius 2 is 2.40 bits per heavy atom. The summed E-state index contributed by atoms with van der Waals surface area (Å²) in [4.78, 5) is 1.37. The quantitative estimate of drug-likeness (QED) is 0.668. The lowest BCUT2D eigenvalue weighted by Gasteiger charge is -2.15. The fraction of sp³-hybridized carbons (Fsp3) is 0.636. The van der Waals surface area contributed by atoms with Crippen LogP contribution >= 0.6 is 11.3 Å². The lowest BCUT2D eigenvalue weighted by molar-refractivity contribution is 0.0925. The second kappa shape index (κ2) is 7.82. The summed E-state index contributed by atoms with van der Waals surface area (Å²) in [7, 11) is 0. The van der Waals surface area contributed by atoms with Crippen molar-refractivity contribution in [2.75, 3.05) is 26.4 Å². The van der Waals surface area contributed by atoms with Gasteiger partial charge in [0.2, 0.25) is 0 Å². The van der Waals surface area contributed by atoms with Gasteiger partial charge in [0.15, 0.2) is 0 Å². The van der Waals surface area contributed by atoms with Gasteiger partial charge < -0.3 is 15.2 Å². The first kappa shape index (κ1) is 12.6. The molecule has 0 saturated heterocycles. The van der Waals surface area contributed by atoms with E-state index in [0.717, 1.165) is 13.0 Å². The second-order valence-corrected chi connectivity index (χ2v) is 4.25. The lowest BCUT2D eigenvalue weighted by Crippen LogP contribution is -2.24. The van der Waals surface area contributed by atoms with Gasteiger partial charge in [-0.15, -0.1) is 11.3 Å². The highest BCUT2D eigenvalue weighted by Gasteiger charge is 2.08. The number of aliphatic hydroxyl groups is 1. The van der Waals surface area contributed by atoms with Gasteiger partial charge in [-0.3, -0.25) is 0 Å². The van der Waals surface area contributed by atoms with Crippen LogP contribution in [0.4, 0.5) is 0 Å². The maximum absolute atomic E-state index is 8.53. The Hall–Kier alpha value is -0.420. The van der Waals surface area contributed by atoms with Gasteiger partial charge in [0.05, 0.1) is 19.8 Å². The smallest absolute Gasteiger partial charge is 0.0698 e. The molecule has 1 heterocycles. The number of hydrogen-bond acceptors (Lipinski definition) is 4. The van der Waals surface area contributed by atoms with Gasteiger partial charge in [0.25, 0.3) is 0 Å². The summed E-state index contributed by atoms with van der Waals surface area (Å²) in [6, 6.07) is 4.66. The van der Waals surface area contributed by atoms with Crippen LogP contribution in [0.15, 0.2) is 17.5 Å². The molecule has 0 aliphatic heterocycles. The molecule has 0 aliphatic rings. The number of thiophene rings is 1. The zero-order valence-electron chi connectivity index (χ0n) is 9.11. The molecule has 0 fully saturated rings. The van der Waals surface area contributed by atoms with Crippen molar-refractivity contribution in [2.24, 2.45) is 0 Å². The second-order valence-electron chi connectivity index (χ2n) is 3.27. The molecule has 0 bridgehead atoms. The van der Waals surface area contributed by atoms with Crippen molar-refractivity contribution in [1.29, 1.82) is 0 Å². The fourth-order valence-corrected chi connectivity index (χ4v) is 2.29. The molecule has 3 nitrogen and oxygen atoms in total. The number of ether oxygens (including phenoxy) is 1. The third kappa shape index (κ3) is 4.75. The number of aliphatic hydroxyl groups excluding tert-OH is 1. The summed E-state index contributed by atoms with van der Waals surface area (Å²) in [5.41, 5.74) is 0.